The van der Waals surface area contributed by atoms with Crippen LogP contribution in [0.5, 0.6) is 0 Å². The van der Waals surface area contributed by atoms with Crippen molar-refractivity contribution in [1.82, 2.24) is 0 Å². The van der Waals surface area contributed by atoms with Gasteiger partial charge in [0.05, 0.1) is 18.1 Å². The van der Waals surface area contributed by atoms with Crippen molar-refractivity contribution in [3.8, 4) is 0 Å². The van der Waals surface area contributed by atoms with E-state index in [4.69, 9.17) is 10.8 Å². The van der Waals surface area contributed by atoms with Crippen molar-refractivity contribution in [2.24, 2.45) is 17.8 Å². The maximum absolute atomic E-state index is 12.2. The number of anilines is 1. The van der Waals surface area contributed by atoms with Crippen molar-refractivity contribution in [1.29, 1.82) is 0 Å². The zero-order valence-electron chi connectivity index (χ0n) is 14.3. The SMILES string of the molecule is C[C@H](C[C@H](C)[C@H](O)[C@@H](C)C(=O)O)[C@H](O)CC(=O)c1ccc(N)cc1. The molecule has 1 aromatic carbocycles. The molecule has 0 aliphatic carbocycles. The highest BCUT2D eigenvalue weighted by Gasteiger charge is 2.29. The Hall–Kier alpha value is -1.92. The number of nitrogens with two attached hydrogens (primary N) is 1. The summed E-state index contributed by atoms with van der Waals surface area (Å²) in [5.74, 6) is -2.65. The Kier molecular flexibility index (Phi) is 7.38. The molecular formula is C18H27NO5. The van der Waals surface area contributed by atoms with Gasteiger partial charge in [-0.05, 0) is 49.4 Å². The fraction of sp³-hybridized carbons (Fsp3) is 0.556. The Bertz CT molecular complexity index is 557. The second-order valence-corrected chi connectivity index (χ2v) is 6.62. The van der Waals surface area contributed by atoms with Crippen molar-refractivity contribution in [2.45, 2.75) is 45.8 Å². The number of rotatable bonds is 9. The fourth-order valence-corrected chi connectivity index (χ4v) is 2.70. The smallest absolute Gasteiger partial charge is 0.308 e. The lowest BCUT2D eigenvalue weighted by molar-refractivity contribution is -0.146. The minimum Gasteiger partial charge on any atom is -0.481 e. The summed E-state index contributed by atoms with van der Waals surface area (Å²) in [5, 5.41) is 29.2. The predicted octanol–water partition coefficient (Wildman–Crippen LogP) is 1.95. The molecule has 0 fully saturated rings. The maximum atomic E-state index is 12.2. The molecule has 5 atom stereocenters. The first kappa shape index (κ1) is 20.1. The van der Waals surface area contributed by atoms with Gasteiger partial charge in [-0.15, -0.1) is 0 Å². The second kappa shape index (κ2) is 8.80. The number of aliphatic hydroxyl groups excluding tert-OH is 2. The molecule has 0 aliphatic rings. The Morgan fingerprint density at radius 2 is 1.58 bits per heavy atom. The van der Waals surface area contributed by atoms with Crippen LogP contribution in [0, 0.1) is 17.8 Å². The fourth-order valence-electron chi connectivity index (χ4n) is 2.70. The van der Waals surface area contributed by atoms with Gasteiger partial charge in [0.2, 0.25) is 0 Å². The summed E-state index contributed by atoms with van der Waals surface area (Å²) >= 11 is 0. The molecule has 5 N–H and O–H groups in total. The second-order valence-electron chi connectivity index (χ2n) is 6.62. The van der Waals surface area contributed by atoms with E-state index < -0.39 is 24.1 Å². The zero-order chi connectivity index (χ0) is 18.4. The van der Waals surface area contributed by atoms with E-state index in [1.807, 2.05) is 0 Å². The van der Waals surface area contributed by atoms with Crippen molar-refractivity contribution < 1.29 is 24.9 Å². The normalized spacial score (nSPS) is 17.5. The summed E-state index contributed by atoms with van der Waals surface area (Å²) in [6.45, 7) is 4.99. The number of aliphatic hydroxyl groups is 2. The number of carbonyl (C=O) groups is 2. The molecule has 0 heterocycles. The van der Waals surface area contributed by atoms with Crippen LogP contribution < -0.4 is 5.73 Å². The summed E-state index contributed by atoms with van der Waals surface area (Å²) < 4.78 is 0. The molecule has 0 aromatic heterocycles. The number of carbonyl (C=O) groups excluding carboxylic acids is 1. The van der Waals surface area contributed by atoms with Crippen molar-refractivity contribution in [2.75, 3.05) is 5.73 Å². The monoisotopic (exact) mass is 337 g/mol. The van der Waals surface area contributed by atoms with Crippen LogP contribution in [0.3, 0.4) is 0 Å². The quantitative estimate of drug-likeness (QED) is 0.404. The highest BCUT2D eigenvalue weighted by molar-refractivity contribution is 5.96. The van der Waals surface area contributed by atoms with Gasteiger partial charge in [-0.3, -0.25) is 9.59 Å². The van der Waals surface area contributed by atoms with E-state index in [0.717, 1.165) is 0 Å². The van der Waals surface area contributed by atoms with Crippen LogP contribution in [0.4, 0.5) is 5.69 Å². The van der Waals surface area contributed by atoms with E-state index in [2.05, 4.69) is 0 Å². The highest BCUT2D eigenvalue weighted by atomic mass is 16.4. The van der Waals surface area contributed by atoms with E-state index >= 15 is 0 Å². The maximum Gasteiger partial charge on any atom is 0.308 e. The minimum atomic E-state index is -1.05. The average molecular weight is 337 g/mol. The standard InChI is InChI=1S/C18H27NO5/c1-10(8-11(2)17(22)12(3)18(23)24)15(20)9-16(21)13-4-6-14(19)7-5-13/h4-7,10-12,15,17,20,22H,8-9,19H2,1-3H3,(H,23,24)/t10-,11+,12-,15-,17+/m1/s1. The number of carboxylic acids is 1. The number of Topliss-reactive ketones (excluding diaryl/α,β-unsaturated/α-hetero) is 1. The molecule has 134 valence electrons. The van der Waals surface area contributed by atoms with E-state index in [1.165, 1.54) is 6.92 Å². The molecule has 0 amide bonds. The molecule has 0 aliphatic heterocycles. The number of aliphatic carboxylic acids is 1. The third kappa shape index (κ3) is 5.62. The number of carboxylic acid groups (broad SMARTS) is 1. The topological polar surface area (TPSA) is 121 Å². The Morgan fingerprint density at radius 3 is 2.08 bits per heavy atom. The molecule has 0 saturated heterocycles. The minimum absolute atomic E-state index is 0.0254. The Morgan fingerprint density at radius 1 is 1.04 bits per heavy atom. The van der Waals surface area contributed by atoms with Crippen LogP contribution in [-0.2, 0) is 4.79 Å². The van der Waals surface area contributed by atoms with Gasteiger partial charge in [-0.2, -0.15) is 0 Å². The number of benzene rings is 1. The van der Waals surface area contributed by atoms with Crippen molar-refractivity contribution in [3.05, 3.63) is 29.8 Å². The van der Waals surface area contributed by atoms with Crippen LogP contribution >= 0.6 is 0 Å². The molecule has 0 radical (unpaired) electrons. The van der Waals surface area contributed by atoms with Gasteiger partial charge in [-0.25, -0.2) is 0 Å². The van der Waals surface area contributed by atoms with Gasteiger partial charge in [0, 0.05) is 17.7 Å². The van der Waals surface area contributed by atoms with Gasteiger partial charge in [0.1, 0.15) is 0 Å². The number of hydrogen-bond acceptors (Lipinski definition) is 5. The van der Waals surface area contributed by atoms with Gasteiger partial charge in [-0.1, -0.05) is 13.8 Å². The summed E-state index contributed by atoms with van der Waals surface area (Å²) in [6.07, 6.45) is -1.45. The lowest BCUT2D eigenvalue weighted by atomic mass is 9.83. The molecule has 1 rings (SSSR count). The third-order valence-electron chi connectivity index (χ3n) is 4.51. The van der Waals surface area contributed by atoms with Gasteiger partial charge in [0.15, 0.2) is 5.78 Å². The van der Waals surface area contributed by atoms with E-state index in [0.29, 0.717) is 17.7 Å². The largest absolute Gasteiger partial charge is 0.481 e. The molecule has 0 unspecified atom stereocenters. The summed E-state index contributed by atoms with van der Waals surface area (Å²) in [5.41, 5.74) is 6.63. The first-order chi connectivity index (χ1) is 11.1. The number of ketones is 1. The van der Waals surface area contributed by atoms with Crippen LogP contribution in [0.25, 0.3) is 0 Å². The van der Waals surface area contributed by atoms with Crippen LogP contribution in [0.1, 0.15) is 44.0 Å². The first-order valence-electron chi connectivity index (χ1n) is 8.11. The van der Waals surface area contributed by atoms with Crippen molar-refractivity contribution in [3.63, 3.8) is 0 Å². The third-order valence-corrected chi connectivity index (χ3v) is 4.51. The van der Waals surface area contributed by atoms with Crippen molar-refractivity contribution >= 4 is 17.4 Å². The molecule has 1 aromatic rings. The molecule has 0 spiro atoms. The van der Waals surface area contributed by atoms with Crippen LogP contribution in [0.15, 0.2) is 24.3 Å². The summed E-state index contributed by atoms with van der Waals surface area (Å²) in [7, 11) is 0. The van der Waals surface area contributed by atoms with Crippen LogP contribution in [-0.4, -0.2) is 39.3 Å². The van der Waals surface area contributed by atoms with Gasteiger partial charge >= 0.3 is 5.97 Å². The number of nitrogen functional groups attached to an aromatic ring is 1. The lowest BCUT2D eigenvalue weighted by Gasteiger charge is -2.27. The molecular weight excluding hydrogens is 310 g/mol. The van der Waals surface area contributed by atoms with Gasteiger partial charge in [0.25, 0.3) is 0 Å². The summed E-state index contributed by atoms with van der Waals surface area (Å²) in [6, 6.07) is 6.51. The molecule has 0 saturated carbocycles. The lowest BCUT2D eigenvalue weighted by Crippen LogP contribution is -2.33. The summed E-state index contributed by atoms with van der Waals surface area (Å²) in [4.78, 5) is 23.1. The molecule has 6 heteroatoms. The highest BCUT2D eigenvalue weighted by Crippen LogP contribution is 2.24. The van der Waals surface area contributed by atoms with Crippen LogP contribution in [0.2, 0.25) is 0 Å². The first-order valence-corrected chi connectivity index (χ1v) is 8.11. The molecule has 6 nitrogen and oxygen atoms in total. The zero-order valence-corrected chi connectivity index (χ0v) is 14.3. The molecule has 24 heavy (non-hydrogen) atoms. The Labute approximate surface area is 142 Å². The molecule has 0 bridgehead atoms. The number of hydrogen-bond donors (Lipinski definition) is 4. The van der Waals surface area contributed by atoms with E-state index in [9.17, 15) is 19.8 Å². The van der Waals surface area contributed by atoms with Gasteiger partial charge < -0.3 is 21.1 Å². The predicted molar refractivity (Wildman–Crippen MR) is 91.6 cm³/mol. The van der Waals surface area contributed by atoms with E-state index in [-0.39, 0.29) is 24.0 Å². The Balaban J connectivity index is 2.57. The average Bonchev–Trinajstić information content (AvgIpc) is 2.53. The van der Waals surface area contributed by atoms with E-state index in [1.54, 1.807) is 38.1 Å².